The summed E-state index contributed by atoms with van der Waals surface area (Å²) in [4.78, 5) is 35.5. The monoisotopic (exact) mass is 445 g/mol. The summed E-state index contributed by atoms with van der Waals surface area (Å²) in [5.74, 6) is -0.00584. The van der Waals surface area contributed by atoms with Gasteiger partial charge in [0.15, 0.2) is 5.69 Å². The first-order chi connectivity index (χ1) is 15.9. The number of hydrogen-bond acceptors (Lipinski definition) is 4. The average Bonchev–Trinajstić information content (AvgIpc) is 3.45. The van der Waals surface area contributed by atoms with Crippen molar-refractivity contribution in [3.63, 3.8) is 0 Å². The number of amides is 2. The highest BCUT2D eigenvalue weighted by atomic mass is 16.2. The van der Waals surface area contributed by atoms with Crippen LogP contribution in [0.5, 0.6) is 0 Å². The highest BCUT2D eigenvalue weighted by Gasteiger charge is 2.33. The number of aryl methyl sites for hydroxylation is 4. The van der Waals surface area contributed by atoms with Crippen molar-refractivity contribution in [2.24, 2.45) is 0 Å². The summed E-state index contributed by atoms with van der Waals surface area (Å²) in [6, 6.07) is 6.04. The van der Waals surface area contributed by atoms with E-state index in [9.17, 15) is 9.59 Å². The zero-order chi connectivity index (χ0) is 23.3. The van der Waals surface area contributed by atoms with Crippen molar-refractivity contribution >= 4 is 22.7 Å². The van der Waals surface area contributed by atoms with Gasteiger partial charge >= 0.3 is 0 Å². The quantitative estimate of drug-likeness (QED) is 0.615. The Morgan fingerprint density at radius 2 is 1.73 bits per heavy atom. The minimum atomic E-state index is -0.00748. The third-order valence-electron chi connectivity index (χ3n) is 6.93. The number of pyridine rings is 1. The van der Waals surface area contributed by atoms with Crippen LogP contribution < -0.4 is 0 Å². The molecule has 1 aromatic carbocycles. The van der Waals surface area contributed by atoms with Gasteiger partial charge in [-0.2, -0.15) is 5.10 Å². The molecule has 0 aliphatic carbocycles. The van der Waals surface area contributed by atoms with E-state index in [2.05, 4.69) is 23.1 Å². The summed E-state index contributed by atoms with van der Waals surface area (Å²) in [5, 5.41) is 5.60. The molecule has 3 aromatic rings. The smallest absolute Gasteiger partial charge is 0.274 e. The predicted octanol–water partition coefficient (Wildman–Crippen LogP) is 3.81. The number of fused-ring (bicyclic) bond motifs is 2. The maximum Gasteiger partial charge on any atom is 0.274 e. The molecule has 7 nitrogen and oxygen atoms in total. The highest BCUT2D eigenvalue weighted by Crippen LogP contribution is 2.29. The van der Waals surface area contributed by atoms with Crippen LogP contribution in [0.1, 0.15) is 68.7 Å². The fourth-order valence-corrected chi connectivity index (χ4v) is 5.39. The van der Waals surface area contributed by atoms with Crippen molar-refractivity contribution in [1.29, 1.82) is 0 Å². The number of carbonyl (C=O) groups is 2. The molecule has 0 saturated carbocycles. The lowest BCUT2D eigenvalue weighted by molar-refractivity contribution is 0.0723. The van der Waals surface area contributed by atoms with E-state index >= 15 is 0 Å². The molecule has 0 unspecified atom stereocenters. The fourth-order valence-electron chi connectivity index (χ4n) is 5.39. The van der Waals surface area contributed by atoms with Crippen LogP contribution in [0.2, 0.25) is 0 Å². The first kappa shape index (κ1) is 21.6. The Morgan fingerprint density at radius 3 is 2.45 bits per heavy atom. The Bertz CT molecular complexity index is 1260. The molecule has 2 aliphatic heterocycles. The van der Waals surface area contributed by atoms with Crippen LogP contribution in [0.15, 0.2) is 18.2 Å². The van der Waals surface area contributed by atoms with Gasteiger partial charge in [-0.25, -0.2) is 0 Å². The van der Waals surface area contributed by atoms with Crippen LogP contribution in [0.25, 0.3) is 10.9 Å². The van der Waals surface area contributed by atoms with Crippen LogP contribution >= 0.6 is 0 Å². The van der Waals surface area contributed by atoms with Crippen molar-refractivity contribution in [3.05, 3.63) is 57.5 Å². The number of benzene rings is 1. The number of hydrogen-bond donors (Lipinski definition) is 0. The summed E-state index contributed by atoms with van der Waals surface area (Å²) >= 11 is 0. The lowest BCUT2D eigenvalue weighted by Crippen LogP contribution is -2.37. The number of carbonyl (C=O) groups excluding carboxylic acids is 2. The van der Waals surface area contributed by atoms with Gasteiger partial charge < -0.3 is 9.80 Å². The van der Waals surface area contributed by atoms with Crippen molar-refractivity contribution < 1.29 is 9.59 Å². The molecule has 172 valence electrons. The summed E-state index contributed by atoms with van der Waals surface area (Å²) < 4.78 is 1.94. The number of nitrogens with zero attached hydrogens (tertiary/aromatic N) is 5. The second-order valence-electron chi connectivity index (χ2n) is 9.35. The van der Waals surface area contributed by atoms with E-state index in [0.29, 0.717) is 30.8 Å². The molecule has 1 saturated heterocycles. The number of likely N-dealkylation sites (tertiary alicyclic amines) is 1. The van der Waals surface area contributed by atoms with Gasteiger partial charge in [0.05, 0.1) is 17.6 Å². The third-order valence-corrected chi connectivity index (χ3v) is 6.93. The topological polar surface area (TPSA) is 71.3 Å². The minimum Gasteiger partial charge on any atom is -0.337 e. The van der Waals surface area contributed by atoms with Crippen LogP contribution in [-0.4, -0.2) is 56.0 Å². The van der Waals surface area contributed by atoms with Crippen molar-refractivity contribution in [1.82, 2.24) is 24.6 Å². The van der Waals surface area contributed by atoms with E-state index < -0.39 is 0 Å². The largest absolute Gasteiger partial charge is 0.337 e. The lowest BCUT2D eigenvalue weighted by Gasteiger charge is -2.29. The molecule has 2 aliphatic rings. The van der Waals surface area contributed by atoms with Crippen LogP contribution in [0.4, 0.5) is 0 Å². The number of rotatable bonds is 3. The summed E-state index contributed by atoms with van der Waals surface area (Å²) in [6.45, 7) is 11.4. The normalized spacial score (nSPS) is 15.9. The standard InChI is InChI=1S/C26H31N5O2/c1-5-31-22-8-11-30(15-20(22)24(28-31)26(33)29-9-6-7-10-29)25(32)19-14-18(4)27-21-13-16(2)12-17(3)23(19)21/h12-14H,5-11,15H2,1-4H3. The van der Waals surface area contributed by atoms with Gasteiger partial charge in [0, 0.05) is 54.9 Å². The Morgan fingerprint density at radius 1 is 0.970 bits per heavy atom. The van der Waals surface area contributed by atoms with Crippen LogP contribution in [0.3, 0.4) is 0 Å². The molecule has 2 amide bonds. The molecule has 7 heteroatoms. The minimum absolute atomic E-state index is 0.00164. The van der Waals surface area contributed by atoms with Gasteiger partial charge in [-0.1, -0.05) is 6.07 Å². The molecule has 2 aromatic heterocycles. The van der Waals surface area contributed by atoms with Crippen molar-refractivity contribution in [3.8, 4) is 0 Å². The molecule has 0 spiro atoms. The van der Waals surface area contributed by atoms with E-state index in [1.165, 1.54) is 0 Å². The van der Waals surface area contributed by atoms with E-state index in [0.717, 1.165) is 71.5 Å². The third kappa shape index (κ3) is 3.69. The zero-order valence-electron chi connectivity index (χ0n) is 19.9. The molecule has 5 rings (SSSR count). The maximum absolute atomic E-state index is 13.8. The molecular weight excluding hydrogens is 414 g/mol. The van der Waals surface area contributed by atoms with Crippen molar-refractivity contribution in [2.45, 2.75) is 60.0 Å². The number of aromatic nitrogens is 3. The molecule has 0 radical (unpaired) electrons. The molecular formula is C26H31N5O2. The summed E-state index contributed by atoms with van der Waals surface area (Å²) in [6.07, 6.45) is 2.79. The maximum atomic E-state index is 13.8. The van der Waals surface area contributed by atoms with Gasteiger partial charge in [0.2, 0.25) is 0 Å². The molecule has 0 atom stereocenters. The molecule has 0 N–H and O–H groups in total. The van der Waals surface area contributed by atoms with Gasteiger partial charge in [-0.05, 0) is 63.8 Å². The predicted molar refractivity (Wildman–Crippen MR) is 127 cm³/mol. The van der Waals surface area contributed by atoms with Crippen molar-refractivity contribution in [2.75, 3.05) is 19.6 Å². The second-order valence-corrected chi connectivity index (χ2v) is 9.35. The molecule has 1 fully saturated rings. The lowest BCUT2D eigenvalue weighted by atomic mass is 9.98. The summed E-state index contributed by atoms with van der Waals surface area (Å²) in [5.41, 5.74) is 7.10. The Kier molecular flexibility index (Phi) is 5.43. The van der Waals surface area contributed by atoms with Gasteiger partial charge in [0.1, 0.15) is 0 Å². The second kappa shape index (κ2) is 8.28. The first-order valence-electron chi connectivity index (χ1n) is 11.9. The van der Waals surface area contributed by atoms with Crippen LogP contribution in [0, 0.1) is 20.8 Å². The first-order valence-corrected chi connectivity index (χ1v) is 11.9. The highest BCUT2D eigenvalue weighted by molar-refractivity contribution is 6.07. The Balaban J connectivity index is 1.53. The van der Waals surface area contributed by atoms with Gasteiger partial charge in [0.25, 0.3) is 11.8 Å². The summed E-state index contributed by atoms with van der Waals surface area (Å²) in [7, 11) is 0. The van der Waals surface area contributed by atoms with E-state index in [-0.39, 0.29) is 11.8 Å². The molecule has 33 heavy (non-hydrogen) atoms. The van der Waals surface area contributed by atoms with Gasteiger partial charge in [-0.3, -0.25) is 19.3 Å². The molecule has 4 heterocycles. The SMILES string of the molecule is CCn1nc(C(=O)N2CCCC2)c2c1CCN(C(=O)c1cc(C)nc3cc(C)cc(C)c13)C2. The Labute approximate surface area is 194 Å². The average molecular weight is 446 g/mol. The molecule has 0 bridgehead atoms. The van der Waals surface area contributed by atoms with E-state index in [1.54, 1.807) is 0 Å². The van der Waals surface area contributed by atoms with E-state index in [1.807, 2.05) is 47.4 Å². The van der Waals surface area contributed by atoms with Gasteiger partial charge in [-0.15, -0.1) is 0 Å². The zero-order valence-corrected chi connectivity index (χ0v) is 19.9. The fraction of sp³-hybridized carbons (Fsp3) is 0.462. The van der Waals surface area contributed by atoms with E-state index in [4.69, 9.17) is 0 Å². The Hall–Kier alpha value is -3.22. The van der Waals surface area contributed by atoms with Crippen LogP contribution in [-0.2, 0) is 19.5 Å².